The highest BCUT2D eigenvalue weighted by Gasteiger charge is 2.26. The van der Waals surface area contributed by atoms with Gasteiger partial charge in [0.25, 0.3) is 0 Å². The molecule has 1 aliphatic rings. The number of rotatable bonds is 3. The van der Waals surface area contributed by atoms with Crippen molar-refractivity contribution in [3.8, 4) is 0 Å². The van der Waals surface area contributed by atoms with Gasteiger partial charge in [0.1, 0.15) is 0 Å². The van der Waals surface area contributed by atoms with Crippen molar-refractivity contribution in [3.05, 3.63) is 0 Å². The van der Waals surface area contributed by atoms with Gasteiger partial charge >= 0.3 is 0 Å². The molecule has 1 aliphatic heterocycles. The second-order valence-corrected chi connectivity index (χ2v) is 4.63. The fourth-order valence-electron chi connectivity index (χ4n) is 1.74. The standard InChI is InChI=1S/C9H18BrNO/c1-7-4-11(5-8(7)2)6-9(12)3-10/h7-9,12H,3-6H2,1-2H3. The maximum absolute atomic E-state index is 9.40. The Morgan fingerprint density at radius 3 is 2.33 bits per heavy atom. The van der Waals surface area contributed by atoms with Crippen molar-refractivity contribution in [2.45, 2.75) is 20.0 Å². The molecular weight excluding hydrogens is 218 g/mol. The van der Waals surface area contributed by atoms with E-state index in [1.807, 2.05) is 0 Å². The highest BCUT2D eigenvalue weighted by Crippen LogP contribution is 2.21. The molecule has 0 aromatic heterocycles. The number of aliphatic hydroxyl groups is 1. The van der Waals surface area contributed by atoms with Crippen molar-refractivity contribution in [1.29, 1.82) is 0 Å². The second kappa shape index (κ2) is 4.58. The summed E-state index contributed by atoms with van der Waals surface area (Å²) in [6.45, 7) is 7.67. The predicted molar refractivity (Wildman–Crippen MR) is 54.6 cm³/mol. The van der Waals surface area contributed by atoms with Gasteiger partial charge in [-0.2, -0.15) is 0 Å². The monoisotopic (exact) mass is 235 g/mol. The van der Waals surface area contributed by atoms with Gasteiger partial charge in [0.2, 0.25) is 0 Å². The van der Waals surface area contributed by atoms with Crippen LogP contribution < -0.4 is 0 Å². The van der Waals surface area contributed by atoms with Crippen molar-refractivity contribution in [2.75, 3.05) is 25.0 Å². The molecule has 3 heteroatoms. The van der Waals surface area contributed by atoms with E-state index in [0.717, 1.165) is 31.5 Å². The number of hydrogen-bond acceptors (Lipinski definition) is 2. The minimum atomic E-state index is -0.206. The van der Waals surface area contributed by atoms with Crippen molar-refractivity contribution in [1.82, 2.24) is 4.90 Å². The molecule has 0 bridgehead atoms. The van der Waals surface area contributed by atoms with E-state index in [0.29, 0.717) is 5.33 Å². The largest absolute Gasteiger partial charge is 0.391 e. The van der Waals surface area contributed by atoms with E-state index in [2.05, 4.69) is 34.7 Å². The van der Waals surface area contributed by atoms with Gasteiger partial charge in [-0.3, -0.25) is 0 Å². The molecule has 2 nitrogen and oxygen atoms in total. The lowest BCUT2D eigenvalue weighted by Crippen LogP contribution is -2.31. The van der Waals surface area contributed by atoms with Crippen LogP contribution >= 0.6 is 15.9 Å². The molecule has 3 atom stereocenters. The predicted octanol–water partition coefficient (Wildman–Crippen LogP) is 1.33. The van der Waals surface area contributed by atoms with E-state index in [9.17, 15) is 5.11 Å². The number of hydrogen-bond donors (Lipinski definition) is 1. The van der Waals surface area contributed by atoms with E-state index in [1.54, 1.807) is 0 Å². The molecule has 0 amide bonds. The summed E-state index contributed by atoms with van der Waals surface area (Å²) in [5.74, 6) is 1.57. The number of aliphatic hydroxyl groups excluding tert-OH is 1. The van der Waals surface area contributed by atoms with Crippen LogP contribution in [0.3, 0.4) is 0 Å². The zero-order chi connectivity index (χ0) is 9.14. The maximum atomic E-state index is 9.40. The summed E-state index contributed by atoms with van der Waals surface area (Å²) >= 11 is 3.28. The van der Waals surface area contributed by atoms with Gasteiger partial charge < -0.3 is 10.0 Å². The van der Waals surface area contributed by atoms with Crippen molar-refractivity contribution in [2.24, 2.45) is 11.8 Å². The maximum Gasteiger partial charge on any atom is 0.0763 e. The SMILES string of the molecule is CC1CN(CC(O)CBr)CC1C. The summed E-state index contributed by atoms with van der Waals surface area (Å²) < 4.78 is 0. The second-order valence-electron chi connectivity index (χ2n) is 3.98. The molecule has 0 aromatic carbocycles. The number of nitrogens with zero attached hydrogens (tertiary/aromatic N) is 1. The molecule has 0 saturated carbocycles. The lowest BCUT2D eigenvalue weighted by Gasteiger charge is -2.18. The molecular formula is C9H18BrNO. The van der Waals surface area contributed by atoms with Crippen LogP contribution in [0.1, 0.15) is 13.8 Å². The molecule has 0 aromatic rings. The zero-order valence-electron chi connectivity index (χ0n) is 7.83. The van der Waals surface area contributed by atoms with Gasteiger partial charge in [0, 0.05) is 25.0 Å². The third kappa shape index (κ3) is 2.71. The lowest BCUT2D eigenvalue weighted by molar-refractivity contribution is 0.142. The van der Waals surface area contributed by atoms with Crippen molar-refractivity contribution in [3.63, 3.8) is 0 Å². The normalized spacial score (nSPS) is 34.0. The van der Waals surface area contributed by atoms with E-state index < -0.39 is 0 Å². The fraction of sp³-hybridized carbons (Fsp3) is 1.00. The Balaban J connectivity index is 2.27. The van der Waals surface area contributed by atoms with Gasteiger partial charge in [0.15, 0.2) is 0 Å². The Morgan fingerprint density at radius 1 is 1.42 bits per heavy atom. The van der Waals surface area contributed by atoms with Crippen LogP contribution in [0.5, 0.6) is 0 Å². The van der Waals surface area contributed by atoms with E-state index >= 15 is 0 Å². The van der Waals surface area contributed by atoms with Gasteiger partial charge in [-0.15, -0.1) is 0 Å². The first-order valence-electron chi connectivity index (χ1n) is 4.60. The number of alkyl halides is 1. The molecule has 0 radical (unpaired) electrons. The minimum Gasteiger partial charge on any atom is -0.391 e. The van der Waals surface area contributed by atoms with E-state index in [-0.39, 0.29) is 6.10 Å². The Kier molecular flexibility index (Phi) is 4.00. The van der Waals surface area contributed by atoms with Crippen molar-refractivity contribution < 1.29 is 5.11 Å². The van der Waals surface area contributed by atoms with E-state index in [4.69, 9.17) is 0 Å². The average molecular weight is 236 g/mol. The molecule has 1 N–H and O–H groups in total. The smallest absolute Gasteiger partial charge is 0.0763 e. The fourth-order valence-corrected chi connectivity index (χ4v) is 1.95. The first-order valence-corrected chi connectivity index (χ1v) is 5.72. The Morgan fingerprint density at radius 2 is 1.92 bits per heavy atom. The average Bonchev–Trinajstić information content (AvgIpc) is 2.31. The van der Waals surface area contributed by atoms with Crippen molar-refractivity contribution >= 4 is 15.9 Å². The number of halogens is 1. The van der Waals surface area contributed by atoms with Crippen LogP contribution in [0.25, 0.3) is 0 Å². The van der Waals surface area contributed by atoms with E-state index in [1.165, 1.54) is 0 Å². The van der Waals surface area contributed by atoms with Gasteiger partial charge in [-0.25, -0.2) is 0 Å². The molecule has 1 rings (SSSR count). The Hall–Kier alpha value is 0.400. The number of likely N-dealkylation sites (tertiary alicyclic amines) is 1. The molecule has 1 saturated heterocycles. The number of β-amino-alcohol motifs (C(OH)–C–C–N with tert-alkyl or cyclic N) is 1. The Labute approximate surface area is 83.1 Å². The zero-order valence-corrected chi connectivity index (χ0v) is 9.42. The first-order chi connectivity index (χ1) is 5.63. The first kappa shape index (κ1) is 10.5. The molecule has 0 spiro atoms. The lowest BCUT2D eigenvalue weighted by atomic mass is 10.0. The third-order valence-electron chi connectivity index (χ3n) is 2.71. The van der Waals surface area contributed by atoms with Gasteiger partial charge in [0.05, 0.1) is 6.10 Å². The quantitative estimate of drug-likeness (QED) is 0.747. The van der Waals surface area contributed by atoms with Crippen LogP contribution in [0.4, 0.5) is 0 Å². The van der Waals surface area contributed by atoms with Gasteiger partial charge in [-0.05, 0) is 11.8 Å². The van der Waals surface area contributed by atoms with Crippen LogP contribution in [0, 0.1) is 11.8 Å². The molecule has 72 valence electrons. The van der Waals surface area contributed by atoms with Gasteiger partial charge in [-0.1, -0.05) is 29.8 Å². The molecule has 3 unspecified atom stereocenters. The summed E-state index contributed by atoms with van der Waals surface area (Å²) in [7, 11) is 0. The molecule has 0 aliphatic carbocycles. The van der Waals surface area contributed by atoms with Crippen LogP contribution in [-0.4, -0.2) is 41.1 Å². The molecule has 12 heavy (non-hydrogen) atoms. The molecule has 1 fully saturated rings. The molecule has 1 heterocycles. The third-order valence-corrected chi connectivity index (χ3v) is 3.46. The summed E-state index contributed by atoms with van der Waals surface area (Å²) in [6, 6.07) is 0. The van der Waals surface area contributed by atoms with Crippen LogP contribution in [0.15, 0.2) is 0 Å². The summed E-state index contributed by atoms with van der Waals surface area (Å²) in [6.07, 6.45) is -0.206. The Bertz CT molecular complexity index is 132. The van der Waals surface area contributed by atoms with Crippen LogP contribution in [-0.2, 0) is 0 Å². The highest BCUT2D eigenvalue weighted by atomic mass is 79.9. The topological polar surface area (TPSA) is 23.5 Å². The summed E-state index contributed by atoms with van der Waals surface area (Å²) in [5.41, 5.74) is 0. The minimum absolute atomic E-state index is 0.206. The summed E-state index contributed by atoms with van der Waals surface area (Å²) in [5, 5.41) is 10.1. The highest BCUT2D eigenvalue weighted by molar-refractivity contribution is 9.09. The van der Waals surface area contributed by atoms with Crippen LogP contribution in [0.2, 0.25) is 0 Å². The summed E-state index contributed by atoms with van der Waals surface area (Å²) in [4.78, 5) is 2.35.